The van der Waals surface area contributed by atoms with Crippen LogP contribution in [0.3, 0.4) is 0 Å². The number of amides is 2. The molecule has 1 unspecified atom stereocenters. The van der Waals surface area contributed by atoms with E-state index in [4.69, 9.17) is 9.47 Å². The third kappa shape index (κ3) is 7.97. The maximum Gasteiger partial charge on any atom is 0.330 e. The molecule has 0 radical (unpaired) electrons. The first-order chi connectivity index (χ1) is 16.5. The van der Waals surface area contributed by atoms with E-state index in [1.807, 2.05) is 30.3 Å². The summed E-state index contributed by atoms with van der Waals surface area (Å²) in [5.41, 5.74) is 2.09. The van der Waals surface area contributed by atoms with Gasteiger partial charge < -0.3 is 20.1 Å². The number of carbonyl (C=O) groups excluding carboxylic acids is 3. The van der Waals surface area contributed by atoms with Crippen molar-refractivity contribution in [2.24, 2.45) is 0 Å². The van der Waals surface area contributed by atoms with E-state index >= 15 is 0 Å². The molecule has 0 aliphatic heterocycles. The van der Waals surface area contributed by atoms with Crippen molar-refractivity contribution >= 4 is 35.2 Å². The van der Waals surface area contributed by atoms with E-state index in [-0.39, 0.29) is 5.91 Å². The molecule has 3 aromatic carbocycles. The third-order valence-corrected chi connectivity index (χ3v) is 5.85. The topological polar surface area (TPSA) is 93.7 Å². The molecular weight excluding hydrogens is 452 g/mol. The maximum absolute atomic E-state index is 12.7. The first kappa shape index (κ1) is 24.9. The van der Waals surface area contributed by atoms with E-state index in [9.17, 15) is 14.4 Å². The number of nitrogens with one attached hydrogen (secondary N) is 2. The van der Waals surface area contributed by atoms with Crippen molar-refractivity contribution in [1.29, 1.82) is 0 Å². The molecule has 176 valence electrons. The molecule has 0 aliphatic rings. The van der Waals surface area contributed by atoms with Crippen LogP contribution in [0.5, 0.6) is 5.75 Å². The van der Waals surface area contributed by atoms with Crippen molar-refractivity contribution < 1.29 is 23.9 Å². The minimum Gasteiger partial charge on any atom is -0.497 e. The number of carbonyl (C=O) groups is 3. The SMILES string of the molecule is COc1ccc(NC(=O)COC(=O)C(CSCc2ccccc2)NC(=O)c2ccccc2)cc1. The molecule has 7 nitrogen and oxygen atoms in total. The van der Waals surface area contributed by atoms with Gasteiger partial charge in [-0.2, -0.15) is 11.8 Å². The second-order valence-corrected chi connectivity index (χ2v) is 8.31. The normalized spacial score (nSPS) is 11.2. The van der Waals surface area contributed by atoms with Gasteiger partial charge in [-0.1, -0.05) is 48.5 Å². The van der Waals surface area contributed by atoms with Crippen LogP contribution in [0.15, 0.2) is 84.9 Å². The molecule has 34 heavy (non-hydrogen) atoms. The number of hydrogen-bond donors (Lipinski definition) is 2. The van der Waals surface area contributed by atoms with E-state index in [2.05, 4.69) is 10.6 Å². The van der Waals surface area contributed by atoms with Gasteiger partial charge in [0.05, 0.1) is 7.11 Å². The Kier molecular flexibility index (Phi) is 9.54. The van der Waals surface area contributed by atoms with Crippen LogP contribution in [0, 0.1) is 0 Å². The van der Waals surface area contributed by atoms with E-state index in [1.165, 1.54) is 11.8 Å². The highest BCUT2D eigenvalue weighted by molar-refractivity contribution is 7.98. The molecule has 0 heterocycles. The summed E-state index contributed by atoms with van der Waals surface area (Å²) in [6.45, 7) is -0.466. The number of benzene rings is 3. The third-order valence-electron chi connectivity index (χ3n) is 4.74. The van der Waals surface area contributed by atoms with Gasteiger partial charge in [0.1, 0.15) is 11.8 Å². The van der Waals surface area contributed by atoms with E-state index in [1.54, 1.807) is 61.7 Å². The largest absolute Gasteiger partial charge is 0.497 e. The van der Waals surface area contributed by atoms with E-state index in [0.717, 1.165) is 5.56 Å². The molecule has 3 rings (SSSR count). The van der Waals surface area contributed by atoms with Gasteiger partial charge in [-0.05, 0) is 42.0 Å². The number of methoxy groups -OCH3 is 1. The molecule has 0 saturated carbocycles. The Balaban J connectivity index is 1.56. The number of ether oxygens (including phenoxy) is 2. The highest BCUT2D eigenvalue weighted by atomic mass is 32.2. The lowest BCUT2D eigenvalue weighted by atomic mass is 10.2. The predicted octanol–water partition coefficient (Wildman–Crippen LogP) is 3.91. The van der Waals surface area contributed by atoms with Gasteiger partial charge in [0.2, 0.25) is 0 Å². The zero-order chi connectivity index (χ0) is 24.2. The van der Waals surface area contributed by atoms with Crippen molar-refractivity contribution in [2.45, 2.75) is 11.8 Å². The summed E-state index contributed by atoms with van der Waals surface area (Å²) in [5, 5.41) is 5.38. The van der Waals surface area contributed by atoms with Gasteiger partial charge in [0.15, 0.2) is 6.61 Å². The summed E-state index contributed by atoms with van der Waals surface area (Å²) < 4.78 is 10.3. The van der Waals surface area contributed by atoms with E-state index in [0.29, 0.717) is 28.5 Å². The van der Waals surface area contributed by atoms with E-state index < -0.39 is 24.5 Å². The molecular formula is C26H26N2O5S. The minimum atomic E-state index is -0.907. The standard InChI is InChI=1S/C26H26N2O5S/c1-32-22-14-12-21(13-15-22)27-24(29)16-33-26(31)23(18-34-17-19-8-4-2-5-9-19)28-25(30)20-10-6-3-7-11-20/h2-15,23H,16-18H2,1H3,(H,27,29)(H,28,30). The van der Waals surface area contributed by atoms with Crippen LogP contribution >= 0.6 is 11.8 Å². The average Bonchev–Trinajstić information content (AvgIpc) is 2.88. The van der Waals surface area contributed by atoms with Gasteiger partial charge in [-0.15, -0.1) is 0 Å². The average molecular weight is 479 g/mol. The van der Waals surface area contributed by atoms with Crippen LogP contribution in [0.1, 0.15) is 15.9 Å². The number of hydrogen-bond acceptors (Lipinski definition) is 6. The molecule has 0 saturated heterocycles. The monoisotopic (exact) mass is 478 g/mol. The van der Waals surface area contributed by atoms with Gasteiger partial charge >= 0.3 is 5.97 Å². The smallest absolute Gasteiger partial charge is 0.330 e. The van der Waals surface area contributed by atoms with Crippen LogP contribution in [0.2, 0.25) is 0 Å². The molecule has 2 amide bonds. The highest BCUT2D eigenvalue weighted by Gasteiger charge is 2.24. The molecule has 0 bridgehead atoms. The Morgan fingerprint density at radius 3 is 2.18 bits per heavy atom. The Morgan fingerprint density at radius 2 is 1.53 bits per heavy atom. The van der Waals surface area contributed by atoms with Crippen LogP contribution in [0.4, 0.5) is 5.69 Å². The summed E-state index contributed by atoms with van der Waals surface area (Å²) in [7, 11) is 1.55. The molecule has 0 fully saturated rings. The van der Waals surface area contributed by atoms with Crippen LogP contribution in [-0.4, -0.2) is 43.3 Å². The highest BCUT2D eigenvalue weighted by Crippen LogP contribution is 2.16. The molecule has 0 aromatic heterocycles. The first-order valence-corrected chi connectivity index (χ1v) is 11.8. The van der Waals surface area contributed by atoms with Crippen molar-refractivity contribution in [3.8, 4) is 5.75 Å². The summed E-state index contributed by atoms with van der Waals surface area (Å²) in [6.07, 6.45) is 0. The molecule has 3 aromatic rings. The van der Waals surface area contributed by atoms with Gasteiger partial charge in [-0.3, -0.25) is 9.59 Å². The maximum atomic E-state index is 12.7. The second-order valence-electron chi connectivity index (χ2n) is 7.28. The fourth-order valence-corrected chi connectivity index (χ4v) is 3.98. The molecule has 1 atom stereocenters. The van der Waals surface area contributed by atoms with Gasteiger partial charge in [0.25, 0.3) is 11.8 Å². The van der Waals surface area contributed by atoms with Gasteiger partial charge in [-0.25, -0.2) is 4.79 Å². The van der Waals surface area contributed by atoms with Crippen LogP contribution < -0.4 is 15.4 Å². The summed E-state index contributed by atoms with van der Waals surface area (Å²) in [4.78, 5) is 37.6. The second kappa shape index (κ2) is 13.1. The molecule has 2 N–H and O–H groups in total. The number of esters is 1. The first-order valence-electron chi connectivity index (χ1n) is 10.6. The Hall–Kier alpha value is -3.78. The molecule has 0 aliphatic carbocycles. The van der Waals surface area contributed by atoms with Crippen LogP contribution in [-0.2, 0) is 20.1 Å². The summed E-state index contributed by atoms with van der Waals surface area (Å²) in [6, 6.07) is 24.3. The fraction of sp³-hybridized carbons (Fsp3) is 0.192. The summed E-state index contributed by atoms with van der Waals surface area (Å²) in [5.74, 6) is 0.0919. The summed E-state index contributed by atoms with van der Waals surface area (Å²) >= 11 is 1.49. The lowest BCUT2D eigenvalue weighted by molar-refractivity contribution is -0.148. The van der Waals surface area contributed by atoms with Crippen LogP contribution in [0.25, 0.3) is 0 Å². The minimum absolute atomic E-state index is 0.298. The zero-order valence-electron chi connectivity index (χ0n) is 18.7. The van der Waals surface area contributed by atoms with Crippen molar-refractivity contribution in [3.63, 3.8) is 0 Å². The molecule has 0 spiro atoms. The zero-order valence-corrected chi connectivity index (χ0v) is 19.5. The van der Waals surface area contributed by atoms with Crippen molar-refractivity contribution in [3.05, 3.63) is 96.1 Å². The molecule has 8 heteroatoms. The number of thioether (sulfide) groups is 1. The predicted molar refractivity (Wildman–Crippen MR) is 133 cm³/mol. The Labute approximate surface area is 202 Å². The fourth-order valence-electron chi connectivity index (χ4n) is 2.98. The Morgan fingerprint density at radius 1 is 0.882 bits per heavy atom. The lowest BCUT2D eigenvalue weighted by Gasteiger charge is -2.17. The van der Waals surface area contributed by atoms with Gasteiger partial charge in [0, 0.05) is 22.8 Å². The lowest BCUT2D eigenvalue weighted by Crippen LogP contribution is -2.44. The quantitative estimate of drug-likeness (QED) is 0.406. The van der Waals surface area contributed by atoms with Crippen molar-refractivity contribution in [2.75, 3.05) is 24.8 Å². The number of anilines is 1. The van der Waals surface area contributed by atoms with Crippen molar-refractivity contribution in [1.82, 2.24) is 5.32 Å². The Bertz CT molecular complexity index is 1080. The number of rotatable bonds is 11.